The van der Waals surface area contributed by atoms with Gasteiger partial charge in [-0.2, -0.15) is 5.10 Å². The first-order valence-corrected chi connectivity index (χ1v) is 8.65. The molecule has 0 bridgehead atoms. The summed E-state index contributed by atoms with van der Waals surface area (Å²) in [5.41, 5.74) is 4.89. The zero-order valence-electron chi connectivity index (χ0n) is 14.3. The second-order valence-corrected chi connectivity index (χ2v) is 6.18. The Morgan fingerprint density at radius 1 is 0.963 bits per heavy atom. The summed E-state index contributed by atoms with van der Waals surface area (Å²) in [5.74, 6) is -0.607. The third kappa shape index (κ3) is 5.39. The van der Waals surface area contributed by atoms with Crippen molar-refractivity contribution in [2.24, 2.45) is 5.10 Å². The summed E-state index contributed by atoms with van der Waals surface area (Å²) in [6.07, 6.45) is 1.46. The Hall–Kier alpha value is -3.18. The lowest BCUT2D eigenvalue weighted by atomic mass is 10.2. The fourth-order valence-corrected chi connectivity index (χ4v) is 2.59. The van der Waals surface area contributed by atoms with Crippen LogP contribution in [0.4, 0.5) is 15.8 Å². The molecule has 0 atom stereocenters. The monoisotopic (exact) mass is 381 g/mol. The molecule has 136 valence electrons. The van der Waals surface area contributed by atoms with Crippen LogP contribution in [0.5, 0.6) is 0 Å². The first kappa shape index (κ1) is 18.6. The molecule has 0 fully saturated rings. The average Bonchev–Trinajstić information content (AvgIpc) is 2.69. The number of halogens is 2. The van der Waals surface area contributed by atoms with Gasteiger partial charge in [0.1, 0.15) is 12.4 Å². The van der Waals surface area contributed by atoms with E-state index in [1.165, 1.54) is 18.3 Å². The van der Waals surface area contributed by atoms with Crippen LogP contribution >= 0.6 is 11.6 Å². The van der Waals surface area contributed by atoms with Crippen LogP contribution in [0.2, 0.25) is 5.02 Å². The van der Waals surface area contributed by atoms with E-state index in [-0.39, 0.29) is 18.3 Å². The van der Waals surface area contributed by atoms with E-state index >= 15 is 0 Å². The molecule has 6 heteroatoms. The van der Waals surface area contributed by atoms with Gasteiger partial charge in [-0.1, -0.05) is 41.9 Å². The number of para-hydroxylation sites is 1. The third-order valence-corrected chi connectivity index (χ3v) is 4.03. The first-order chi connectivity index (χ1) is 13.1. The molecule has 0 aliphatic carbocycles. The molecule has 3 rings (SSSR count). The smallest absolute Gasteiger partial charge is 0.260 e. The van der Waals surface area contributed by atoms with Crippen LogP contribution in [0.15, 0.2) is 84.0 Å². The molecule has 3 aromatic carbocycles. The van der Waals surface area contributed by atoms with Gasteiger partial charge in [-0.25, -0.2) is 9.82 Å². The van der Waals surface area contributed by atoms with Gasteiger partial charge in [0.15, 0.2) is 0 Å². The zero-order chi connectivity index (χ0) is 19.1. The Morgan fingerprint density at radius 3 is 2.26 bits per heavy atom. The van der Waals surface area contributed by atoms with Crippen LogP contribution < -0.4 is 10.3 Å². The summed E-state index contributed by atoms with van der Waals surface area (Å²) in [7, 11) is 0. The highest BCUT2D eigenvalue weighted by Crippen LogP contribution is 2.26. The van der Waals surface area contributed by atoms with Gasteiger partial charge in [0.2, 0.25) is 0 Å². The normalized spacial score (nSPS) is 10.7. The molecule has 0 unspecified atom stereocenters. The highest BCUT2D eigenvalue weighted by molar-refractivity contribution is 6.30. The summed E-state index contributed by atoms with van der Waals surface area (Å²) in [6, 6.07) is 22.6. The van der Waals surface area contributed by atoms with Crippen molar-refractivity contribution in [3.8, 4) is 0 Å². The molecule has 27 heavy (non-hydrogen) atoms. The molecule has 0 radical (unpaired) electrons. The van der Waals surface area contributed by atoms with Crippen LogP contribution in [0.25, 0.3) is 0 Å². The molecule has 0 heterocycles. The fraction of sp³-hybridized carbons (Fsp3) is 0.0476. The Morgan fingerprint density at radius 2 is 1.59 bits per heavy atom. The number of amides is 1. The minimum absolute atomic E-state index is 0.0758. The minimum atomic E-state index is -0.322. The number of benzene rings is 3. The zero-order valence-corrected chi connectivity index (χ0v) is 15.1. The molecular formula is C21H17ClFN3O. The molecule has 1 N–H and O–H groups in total. The van der Waals surface area contributed by atoms with Crippen molar-refractivity contribution in [3.63, 3.8) is 0 Å². The van der Waals surface area contributed by atoms with Crippen molar-refractivity contribution in [2.45, 2.75) is 0 Å². The van der Waals surface area contributed by atoms with E-state index in [1.807, 2.05) is 47.4 Å². The van der Waals surface area contributed by atoms with Crippen LogP contribution in [-0.4, -0.2) is 18.7 Å². The molecule has 0 spiro atoms. The maximum atomic E-state index is 12.9. The molecule has 4 nitrogen and oxygen atoms in total. The van der Waals surface area contributed by atoms with Crippen molar-refractivity contribution >= 4 is 35.1 Å². The number of hydrazone groups is 1. The Labute approximate surface area is 161 Å². The SMILES string of the molecule is O=C(CN(c1ccccc1)c1ccc(Cl)cc1)NN=Cc1ccc(F)cc1. The molecule has 0 aromatic heterocycles. The standard InChI is InChI=1S/C21H17ClFN3O/c22-17-8-12-20(13-9-17)26(19-4-2-1-3-5-19)15-21(27)25-24-14-16-6-10-18(23)11-7-16/h1-14H,15H2,(H,25,27). The van der Waals surface area contributed by atoms with E-state index in [4.69, 9.17) is 11.6 Å². The molecule has 0 aliphatic rings. The van der Waals surface area contributed by atoms with E-state index in [0.717, 1.165) is 11.4 Å². The summed E-state index contributed by atoms with van der Waals surface area (Å²) in [4.78, 5) is 14.2. The highest BCUT2D eigenvalue weighted by atomic mass is 35.5. The first-order valence-electron chi connectivity index (χ1n) is 8.27. The third-order valence-electron chi connectivity index (χ3n) is 3.78. The lowest BCUT2D eigenvalue weighted by molar-refractivity contribution is -0.119. The summed E-state index contributed by atoms with van der Waals surface area (Å²) >= 11 is 5.96. The number of anilines is 2. The molecular weight excluding hydrogens is 365 g/mol. The number of hydrogen-bond acceptors (Lipinski definition) is 3. The van der Waals surface area contributed by atoms with Gasteiger partial charge in [-0.3, -0.25) is 4.79 Å². The highest BCUT2D eigenvalue weighted by Gasteiger charge is 2.13. The van der Waals surface area contributed by atoms with Gasteiger partial charge in [0.25, 0.3) is 5.91 Å². The number of hydrogen-bond donors (Lipinski definition) is 1. The van der Waals surface area contributed by atoms with Crippen molar-refractivity contribution in [3.05, 3.63) is 95.3 Å². The van der Waals surface area contributed by atoms with Crippen LogP contribution in [-0.2, 0) is 4.79 Å². The lowest BCUT2D eigenvalue weighted by Crippen LogP contribution is -2.32. The second kappa shape index (κ2) is 8.96. The van der Waals surface area contributed by atoms with Crippen LogP contribution in [0.1, 0.15) is 5.56 Å². The van der Waals surface area contributed by atoms with E-state index in [1.54, 1.807) is 24.3 Å². The van der Waals surface area contributed by atoms with Crippen molar-refractivity contribution in [2.75, 3.05) is 11.4 Å². The van der Waals surface area contributed by atoms with Gasteiger partial charge in [0.05, 0.1) is 6.21 Å². The maximum absolute atomic E-state index is 12.9. The Bertz CT molecular complexity index is 912. The van der Waals surface area contributed by atoms with Crippen LogP contribution in [0, 0.1) is 5.82 Å². The topological polar surface area (TPSA) is 44.7 Å². The molecule has 0 saturated carbocycles. The van der Waals surface area contributed by atoms with Crippen molar-refractivity contribution in [1.29, 1.82) is 0 Å². The van der Waals surface area contributed by atoms with Crippen molar-refractivity contribution in [1.82, 2.24) is 5.43 Å². The predicted octanol–water partition coefficient (Wildman–Crippen LogP) is 4.77. The Balaban J connectivity index is 1.70. The Kier molecular flexibility index (Phi) is 6.18. The predicted molar refractivity (Wildman–Crippen MR) is 107 cm³/mol. The lowest BCUT2D eigenvalue weighted by Gasteiger charge is -2.24. The minimum Gasteiger partial charge on any atom is -0.332 e. The number of nitrogens with one attached hydrogen (secondary N) is 1. The van der Waals surface area contributed by atoms with Crippen LogP contribution in [0.3, 0.4) is 0 Å². The maximum Gasteiger partial charge on any atom is 0.260 e. The molecule has 3 aromatic rings. The molecule has 0 aliphatic heterocycles. The molecule has 1 amide bonds. The number of carbonyl (C=O) groups excluding carboxylic acids is 1. The van der Waals surface area contributed by atoms with Gasteiger partial charge < -0.3 is 4.90 Å². The van der Waals surface area contributed by atoms with Crippen molar-refractivity contribution < 1.29 is 9.18 Å². The summed E-state index contributed by atoms with van der Waals surface area (Å²) < 4.78 is 12.9. The van der Waals surface area contributed by atoms with Gasteiger partial charge in [0, 0.05) is 16.4 Å². The molecule has 0 saturated heterocycles. The quantitative estimate of drug-likeness (QED) is 0.494. The van der Waals surface area contributed by atoms with E-state index in [0.29, 0.717) is 10.6 Å². The van der Waals surface area contributed by atoms with E-state index < -0.39 is 0 Å². The number of rotatable bonds is 6. The number of nitrogens with zero attached hydrogens (tertiary/aromatic N) is 2. The summed E-state index contributed by atoms with van der Waals surface area (Å²) in [5, 5.41) is 4.56. The summed E-state index contributed by atoms with van der Waals surface area (Å²) in [6.45, 7) is 0.0758. The van der Waals surface area contributed by atoms with Gasteiger partial charge in [-0.15, -0.1) is 0 Å². The largest absolute Gasteiger partial charge is 0.332 e. The second-order valence-electron chi connectivity index (χ2n) is 5.74. The fourth-order valence-electron chi connectivity index (χ4n) is 2.47. The van der Waals surface area contributed by atoms with Gasteiger partial charge >= 0.3 is 0 Å². The average molecular weight is 382 g/mol. The number of carbonyl (C=O) groups is 1. The van der Waals surface area contributed by atoms with Gasteiger partial charge in [-0.05, 0) is 54.1 Å². The van der Waals surface area contributed by atoms with E-state index in [9.17, 15) is 9.18 Å². The van der Waals surface area contributed by atoms with E-state index in [2.05, 4.69) is 10.5 Å².